The minimum Gasteiger partial charge on any atom is -0.486 e. The molecule has 178 valence electrons. The quantitative estimate of drug-likeness (QED) is 0.432. The van der Waals surface area contributed by atoms with Crippen molar-refractivity contribution in [2.45, 2.75) is 58.2 Å². The van der Waals surface area contributed by atoms with Crippen molar-refractivity contribution in [1.29, 1.82) is 5.26 Å². The summed E-state index contributed by atoms with van der Waals surface area (Å²) in [6.45, 7) is 6.62. The number of aryl methyl sites for hydroxylation is 2. The van der Waals surface area contributed by atoms with E-state index in [1.807, 2.05) is 29.8 Å². The molecule has 1 atom stereocenters. The van der Waals surface area contributed by atoms with Gasteiger partial charge in [0.15, 0.2) is 11.0 Å². The summed E-state index contributed by atoms with van der Waals surface area (Å²) in [5, 5.41) is 22.4. The molecule has 0 aliphatic heterocycles. The summed E-state index contributed by atoms with van der Waals surface area (Å²) in [4.78, 5) is 13.9. The maximum atomic E-state index is 12.7. The average Bonchev–Trinajstić information content (AvgIpc) is 3.36. The van der Waals surface area contributed by atoms with Crippen LogP contribution in [0.25, 0.3) is 0 Å². The lowest BCUT2D eigenvalue weighted by atomic mass is 9.86. The fourth-order valence-electron chi connectivity index (χ4n) is 4.05. The second kappa shape index (κ2) is 10.6. The van der Waals surface area contributed by atoms with Gasteiger partial charge in [-0.1, -0.05) is 31.2 Å². The van der Waals surface area contributed by atoms with E-state index in [1.54, 1.807) is 11.3 Å². The molecule has 34 heavy (non-hydrogen) atoms. The van der Waals surface area contributed by atoms with E-state index in [0.29, 0.717) is 34.1 Å². The van der Waals surface area contributed by atoms with Crippen LogP contribution in [0.15, 0.2) is 23.4 Å². The molecule has 7 nitrogen and oxygen atoms in total. The minimum atomic E-state index is -0.150. The Hall–Kier alpha value is -2.83. The van der Waals surface area contributed by atoms with Crippen LogP contribution in [0, 0.1) is 31.1 Å². The van der Waals surface area contributed by atoms with E-state index in [2.05, 4.69) is 42.4 Å². The molecule has 1 aliphatic carbocycles. The van der Waals surface area contributed by atoms with Crippen molar-refractivity contribution in [3.63, 3.8) is 0 Å². The van der Waals surface area contributed by atoms with E-state index in [4.69, 9.17) is 4.74 Å². The largest absolute Gasteiger partial charge is 0.486 e. The van der Waals surface area contributed by atoms with Crippen molar-refractivity contribution in [3.05, 3.63) is 51.2 Å². The molecular formula is C25H29N5O2S2. The fraction of sp³-hybridized carbons (Fsp3) is 0.440. The third kappa shape index (κ3) is 5.29. The number of benzene rings is 1. The molecule has 0 radical (unpaired) electrons. The van der Waals surface area contributed by atoms with Gasteiger partial charge >= 0.3 is 0 Å². The number of nitriles is 1. The highest BCUT2D eigenvalue weighted by atomic mass is 32.2. The standard InChI is InChI=1S/C25H29N5O2S2/c1-5-17-7-9-19-20(12-26)24(34-21(19)11-17)27-23(31)14-33-25-29-28-22(30(25)4)13-32-18-8-6-15(2)16(3)10-18/h6,8,10,17H,5,7,9,11,13-14H2,1-4H3,(H,27,31). The number of aromatic nitrogens is 3. The summed E-state index contributed by atoms with van der Waals surface area (Å²) in [5.74, 6) is 2.18. The zero-order valence-corrected chi connectivity index (χ0v) is 21.6. The minimum absolute atomic E-state index is 0.150. The van der Waals surface area contributed by atoms with Crippen molar-refractivity contribution in [1.82, 2.24) is 14.8 Å². The van der Waals surface area contributed by atoms with Gasteiger partial charge in [-0.2, -0.15) is 5.26 Å². The van der Waals surface area contributed by atoms with Gasteiger partial charge in [-0.05, 0) is 67.9 Å². The SMILES string of the molecule is CCC1CCc2c(sc(NC(=O)CSc3nnc(COc4ccc(C)c(C)c4)n3C)c2C#N)C1. The van der Waals surface area contributed by atoms with E-state index < -0.39 is 0 Å². The molecule has 1 N–H and O–H groups in total. The lowest BCUT2D eigenvalue weighted by Gasteiger charge is -2.20. The highest BCUT2D eigenvalue weighted by Gasteiger charge is 2.26. The van der Waals surface area contributed by atoms with Crippen LogP contribution in [0.3, 0.4) is 0 Å². The number of nitrogens with one attached hydrogen (secondary N) is 1. The summed E-state index contributed by atoms with van der Waals surface area (Å²) in [6.07, 6.45) is 4.18. The number of thiophene rings is 1. The third-order valence-corrected chi connectivity index (χ3v) is 8.60. The smallest absolute Gasteiger partial charge is 0.235 e. The molecule has 1 aromatic carbocycles. The summed E-state index contributed by atoms with van der Waals surface area (Å²) in [7, 11) is 1.87. The number of fused-ring (bicyclic) bond motifs is 1. The Kier molecular flexibility index (Phi) is 7.59. The Morgan fingerprint density at radius 1 is 1.35 bits per heavy atom. The first-order valence-electron chi connectivity index (χ1n) is 11.4. The zero-order valence-electron chi connectivity index (χ0n) is 20.0. The van der Waals surface area contributed by atoms with Crippen LogP contribution in [0.4, 0.5) is 5.00 Å². The number of ether oxygens (including phenoxy) is 1. The van der Waals surface area contributed by atoms with Crippen molar-refractivity contribution in [2.75, 3.05) is 11.1 Å². The number of carbonyl (C=O) groups excluding carboxylic acids is 1. The van der Waals surface area contributed by atoms with Crippen LogP contribution in [-0.4, -0.2) is 26.4 Å². The monoisotopic (exact) mass is 495 g/mol. The van der Waals surface area contributed by atoms with Gasteiger partial charge < -0.3 is 14.6 Å². The number of thioether (sulfide) groups is 1. The van der Waals surface area contributed by atoms with Gasteiger partial charge in [0.05, 0.1) is 11.3 Å². The predicted molar refractivity (Wildman–Crippen MR) is 135 cm³/mol. The Bertz CT molecular complexity index is 1240. The third-order valence-electron chi connectivity index (χ3n) is 6.41. The van der Waals surface area contributed by atoms with E-state index in [-0.39, 0.29) is 11.7 Å². The second-order valence-electron chi connectivity index (χ2n) is 8.67. The maximum absolute atomic E-state index is 12.7. The van der Waals surface area contributed by atoms with Crippen LogP contribution in [-0.2, 0) is 31.3 Å². The van der Waals surface area contributed by atoms with Crippen molar-refractivity contribution >= 4 is 34.0 Å². The molecule has 1 aliphatic rings. The summed E-state index contributed by atoms with van der Waals surface area (Å²) < 4.78 is 7.71. The Labute approximate surface area is 208 Å². The van der Waals surface area contributed by atoms with Gasteiger partial charge in [0, 0.05) is 11.9 Å². The zero-order chi connectivity index (χ0) is 24.2. The number of amides is 1. The van der Waals surface area contributed by atoms with Gasteiger partial charge in [0.2, 0.25) is 5.91 Å². The second-order valence-corrected chi connectivity index (χ2v) is 10.7. The molecule has 2 heterocycles. The lowest BCUT2D eigenvalue weighted by Crippen LogP contribution is -2.15. The predicted octanol–water partition coefficient (Wildman–Crippen LogP) is 5.19. The fourth-order valence-corrected chi connectivity index (χ4v) is 6.11. The maximum Gasteiger partial charge on any atom is 0.235 e. The first-order chi connectivity index (χ1) is 16.4. The highest BCUT2D eigenvalue weighted by molar-refractivity contribution is 7.99. The van der Waals surface area contributed by atoms with Crippen LogP contribution in [0.1, 0.15) is 52.7 Å². The van der Waals surface area contributed by atoms with Crippen molar-refractivity contribution < 1.29 is 9.53 Å². The number of hydrogen-bond acceptors (Lipinski definition) is 7. The molecule has 2 aromatic heterocycles. The average molecular weight is 496 g/mol. The number of rotatable bonds is 8. The van der Waals surface area contributed by atoms with Crippen LogP contribution in [0.2, 0.25) is 0 Å². The summed E-state index contributed by atoms with van der Waals surface area (Å²) in [5.41, 5.74) is 4.16. The molecule has 3 aromatic rings. The summed E-state index contributed by atoms with van der Waals surface area (Å²) >= 11 is 2.87. The summed E-state index contributed by atoms with van der Waals surface area (Å²) in [6, 6.07) is 8.29. The molecule has 9 heteroatoms. The van der Waals surface area contributed by atoms with Gasteiger partial charge in [0.1, 0.15) is 23.4 Å². The highest BCUT2D eigenvalue weighted by Crippen LogP contribution is 2.40. The molecule has 1 unspecified atom stereocenters. The molecule has 0 saturated heterocycles. The first kappa shape index (κ1) is 24.3. The van der Waals surface area contributed by atoms with Crippen molar-refractivity contribution in [3.8, 4) is 11.8 Å². The van der Waals surface area contributed by atoms with Crippen molar-refractivity contribution in [2.24, 2.45) is 13.0 Å². The van der Waals surface area contributed by atoms with Gasteiger partial charge in [-0.25, -0.2) is 0 Å². The Morgan fingerprint density at radius 2 is 2.18 bits per heavy atom. The van der Waals surface area contributed by atoms with E-state index in [9.17, 15) is 10.1 Å². The Morgan fingerprint density at radius 3 is 2.91 bits per heavy atom. The van der Waals surface area contributed by atoms with Crippen LogP contribution < -0.4 is 10.1 Å². The van der Waals surface area contributed by atoms with Crippen LogP contribution >= 0.6 is 23.1 Å². The van der Waals surface area contributed by atoms with Gasteiger partial charge in [-0.3, -0.25) is 4.79 Å². The molecule has 0 saturated carbocycles. The number of carbonyl (C=O) groups is 1. The first-order valence-corrected chi connectivity index (χ1v) is 13.2. The van der Waals surface area contributed by atoms with Crippen LogP contribution in [0.5, 0.6) is 5.75 Å². The molecule has 0 fully saturated rings. The molecule has 1 amide bonds. The van der Waals surface area contributed by atoms with Gasteiger partial charge in [-0.15, -0.1) is 21.5 Å². The molecule has 0 bridgehead atoms. The normalized spacial score (nSPS) is 15.0. The number of nitrogens with zero attached hydrogens (tertiary/aromatic N) is 4. The van der Waals surface area contributed by atoms with Gasteiger partial charge in [0.25, 0.3) is 0 Å². The molecular weight excluding hydrogens is 466 g/mol. The number of hydrogen-bond donors (Lipinski definition) is 1. The van der Waals surface area contributed by atoms with E-state index in [1.165, 1.54) is 27.8 Å². The topological polar surface area (TPSA) is 92.8 Å². The lowest BCUT2D eigenvalue weighted by molar-refractivity contribution is -0.113. The molecule has 0 spiro atoms. The van der Waals surface area contributed by atoms with E-state index in [0.717, 1.165) is 37.0 Å². The Balaban J connectivity index is 1.34. The number of anilines is 1. The molecule has 4 rings (SSSR count). The van der Waals surface area contributed by atoms with E-state index >= 15 is 0 Å².